The Kier molecular flexibility index (Phi) is 6.20. The first kappa shape index (κ1) is 21.5. The SMILES string of the molecule is O=C(Nc1cnccc1N1CCC(F)(F)CC1)c1ccnc(Nc2ccc(CF)cn2)c1. The van der Waals surface area contributed by atoms with Crippen molar-refractivity contribution < 1.29 is 18.0 Å². The van der Waals surface area contributed by atoms with Crippen LogP contribution in [0.15, 0.2) is 55.1 Å². The van der Waals surface area contributed by atoms with Crippen molar-refractivity contribution in [1.82, 2.24) is 15.0 Å². The zero-order valence-corrected chi connectivity index (χ0v) is 17.1. The number of nitrogens with zero attached hydrogens (tertiary/aromatic N) is 4. The number of rotatable bonds is 6. The lowest BCUT2D eigenvalue weighted by Crippen LogP contribution is -2.39. The van der Waals surface area contributed by atoms with Gasteiger partial charge in [-0.25, -0.2) is 23.1 Å². The second-order valence-corrected chi connectivity index (χ2v) is 7.43. The van der Waals surface area contributed by atoms with Crippen LogP contribution in [0.25, 0.3) is 0 Å². The van der Waals surface area contributed by atoms with Gasteiger partial charge in [0, 0.05) is 55.6 Å². The summed E-state index contributed by atoms with van der Waals surface area (Å²) in [6.45, 7) is -0.216. The molecule has 1 aliphatic rings. The quantitative estimate of drug-likeness (QED) is 0.582. The molecule has 0 radical (unpaired) electrons. The van der Waals surface area contributed by atoms with Gasteiger partial charge in [0.25, 0.3) is 11.8 Å². The maximum absolute atomic E-state index is 13.5. The predicted molar refractivity (Wildman–Crippen MR) is 115 cm³/mol. The second kappa shape index (κ2) is 9.21. The Hall–Kier alpha value is -3.69. The third-order valence-electron chi connectivity index (χ3n) is 5.14. The number of piperidine rings is 1. The van der Waals surface area contributed by atoms with Gasteiger partial charge < -0.3 is 15.5 Å². The van der Waals surface area contributed by atoms with Crippen LogP contribution in [0.5, 0.6) is 0 Å². The van der Waals surface area contributed by atoms with Gasteiger partial charge in [-0.3, -0.25) is 9.78 Å². The lowest BCUT2D eigenvalue weighted by atomic mass is 10.1. The summed E-state index contributed by atoms with van der Waals surface area (Å²) in [6.07, 6.45) is 5.48. The highest BCUT2D eigenvalue weighted by Crippen LogP contribution is 2.33. The molecule has 0 saturated carbocycles. The average molecular weight is 442 g/mol. The Labute approximate surface area is 182 Å². The monoisotopic (exact) mass is 442 g/mol. The van der Waals surface area contributed by atoms with Crippen LogP contribution in [0.1, 0.15) is 28.8 Å². The molecule has 0 bridgehead atoms. The highest BCUT2D eigenvalue weighted by Gasteiger charge is 2.34. The van der Waals surface area contributed by atoms with E-state index in [1.54, 1.807) is 36.5 Å². The minimum atomic E-state index is -2.66. The number of hydrogen-bond acceptors (Lipinski definition) is 6. The molecule has 10 heteroatoms. The van der Waals surface area contributed by atoms with Crippen molar-refractivity contribution in [3.05, 3.63) is 66.2 Å². The van der Waals surface area contributed by atoms with Gasteiger partial charge >= 0.3 is 0 Å². The largest absolute Gasteiger partial charge is 0.369 e. The number of anilines is 4. The molecule has 0 aliphatic carbocycles. The molecule has 1 aliphatic heterocycles. The van der Waals surface area contributed by atoms with E-state index in [4.69, 9.17) is 0 Å². The number of carbonyl (C=O) groups excluding carboxylic acids is 1. The molecule has 4 rings (SSSR count). The zero-order chi connectivity index (χ0) is 22.6. The number of alkyl halides is 3. The topological polar surface area (TPSA) is 83.0 Å². The predicted octanol–water partition coefficient (Wildman–Crippen LogP) is 4.57. The number of carbonyl (C=O) groups is 1. The molecule has 2 N–H and O–H groups in total. The smallest absolute Gasteiger partial charge is 0.255 e. The number of hydrogen-bond donors (Lipinski definition) is 2. The number of amides is 1. The molecule has 4 heterocycles. The fourth-order valence-electron chi connectivity index (χ4n) is 3.38. The van der Waals surface area contributed by atoms with E-state index >= 15 is 0 Å². The van der Waals surface area contributed by atoms with Crippen LogP contribution < -0.4 is 15.5 Å². The van der Waals surface area contributed by atoms with E-state index in [9.17, 15) is 18.0 Å². The number of aromatic nitrogens is 3. The Morgan fingerprint density at radius 2 is 1.84 bits per heavy atom. The van der Waals surface area contributed by atoms with Gasteiger partial charge in [-0.15, -0.1) is 0 Å². The van der Waals surface area contributed by atoms with Crippen LogP contribution in [0, 0.1) is 0 Å². The van der Waals surface area contributed by atoms with Gasteiger partial charge in [0.1, 0.15) is 18.3 Å². The lowest BCUT2D eigenvalue weighted by Gasteiger charge is -2.34. The fourth-order valence-corrected chi connectivity index (χ4v) is 3.38. The van der Waals surface area contributed by atoms with Crippen molar-refractivity contribution in [2.24, 2.45) is 0 Å². The molecule has 3 aromatic rings. The molecular weight excluding hydrogens is 421 g/mol. The van der Waals surface area contributed by atoms with Crippen LogP contribution in [-0.4, -0.2) is 39.9 Å². The van der Waals surface area contributed by atoms with Crippen molar-refractivity contribution >= 4 is 28.9 Å². The average Bonchev–Trinajstić information content (AvgIpc) is 2.80. The number of nitrogens with one attached hydrogen (secondary N) is 2. The maximum atomic E-state index is 13.5. The van der Waals surface area contributed by atoms with Gasteiger partial charge in [0.2, 0.25) is 0 Å². The van der Waals surface area contributed by atoms with Gasteiger partial charge in [-0.1, -0.05) is 6.07 Å². The molecule has 1 amide bonds. The van der Waals surface area contributed by atoms with Crippen molar-refractivity contribution in [3.63, 3.8) is 0 Å². The summed E-state index contributed by atoms with van der Waals surface area (Å²) in [6, 6.07) is 8.03. The summed E-state index contributed by atoms with van der Waals surface area (Å²) >= 11 is 0. The third-order valence-corrected chi connectivity index (χ3v) is 5.14. The molecule has 1 fully saturated rings. The van der Waals surface area contributed by atoms with Crippen LogP contribution in [0.2, 0.25) is 0 Å². The van der Waals surface area contributed by atoms with E-state index in [0.717, 1.165) is 0 Å². The Morgan fingerprint density at radius 1 is 1.03 bits per heavy atom. The van der Waals surface area contributed by atoms with Crippen LogP contribution in [0.4, 0.5) is 36.2 Å². The Morgan fingerprint density at radius 3 is 2.56 bits per heavy atom. The summed E-state index contributed by atoms with van der Waals surface area (Å²) in [5.74, 6) is -2.20. The van der Waals surface area contributed by atoms with E-state index in [-0.39, 0.29) is 25.9 Å². The van der Waals surface area contributed by atoms with Crippen molar-refractivity contribution in [2.75, 3.05) is 28.6 Å². The van der Waals surface area contributed by atoms with E-state index in [0.29, 0.717) is 34.1 Å². The zero-order valence-electron chi connectivity index (χ0n) is 17.1. The third kappa shape index (κ3) is 5.13. The van der Waals surface area contributed by atoms with Gasteiger partial charge in [0.15, 0.2) is 0 Å². The Bertz CT molecular complexity index is 1080. The minimum Gasteiger partial charge on any atom is -0.369 e. The van der Waals surface area contributed by atoms with Crippen LogP contribution in [-0.2, 0) is 6.67 Å². The van der Waals surface area contributed by atoms with Crippen molar-refractivity contribution in [3.8, 4) is 0 Å². The molecular formula is C22H21F3N6O. The van der Waals surface area contributed by atoms with E-state index in [1.807, 2.05) is 4.90 Å². The number of halogens is 3. The standard InChI is InChI=1S/C22H21F3N6O/c23-12-15-1-2-19(28-13-15)30-20-11-16(3-8-27-20)21(32)29-17-14-26-7-4-18(17)31-9-5-22(24,25)6-10-31/h1-4,7-8,11,13-14H,5-6,9-10,12H2,(H,29,32)(H,27,28,30). The molecule has 3 aromatic heterocycles. The first-order valence-electron chi connectivity index (χ1n) is 10.1. The van der Waals surface area contributed by atoms with E-state index in [2.05, 4.69) is 25.6 Å². The van der Waals surface area contributed by atoms with Crippen LogP contribution in [0.3, 0.4) is 0 Å². The molecule has 32 heavy (non-hydrogen) atoms. The first-order chi connectivity index (χ1) is 15.4. The summed E-state index contributed by atoms with van der Waals surface area (Å²) < 4.78 is 39.7. The highest BCUT2D eigenvalue weighted by molar-refractivity contribution is 6.06. The molecule has 0 unspecified atom stereocenters. The Balaban J connectivity index is 1.47. The van der Waals surface area contributed by atoms with Crippen molar-refractivity contribution in [2.45, 2.75) is 25.4 Å². The normalized spacial score (nSPS) is 15.3. The van der Waals surface area contributed by atoms with Crippen molar-refractivity contribution in [1.29, 1.82) is 0 Å². The molecule has 166 valence electrons. The van der Waals surface area contributed by atoms with E-state index in [1.165, 1.54) is 18.6 Å². The highest BCUT2D eigenvalue weighted by atomic mass is 19.3. The molecule has 0 atom stereocenters. The molecule has 0 aromatic carbocycles. The van der Waals surface area contributed by atoms with E-state index < -0.39 is 18.5 Å². The summed E-state index contributed by atoms with van der Waals surface area (Å²) in [5.41, 5.74) is 1.88. The lowest BCUT2D eigenvalue weighted by molar-refractivity contribution is -0.0220. The van der Waals surface area contributed by atoms with Gasteiger partial charge in [-0.2, -0.15) is 0 Å². The fraction of sp³-hybridized carbons (Fsp3) is 0.273. The second-order valence-electron chi connectivity index (χ2n) is 7.43. The van der Waals surface area contributed by atoms with Crippen LogP contribution >= 0.6 is 0 Å². The summed E-state index contributed by atoms with van der Waals surface area (Å²) in [5, 5.41) is 5.78. The first-order valence-corrected chi connectivity index (χ1v) is 10.1. The minimum absolute atomic E-state index is 0.192. The molecule has 7 nitrogen and oxygen atoms in total. The summed E-state index contributed by atoms with van der Waals surface area (Å²) in [7, 11) is 0. The van der Waals surface area contributed by atoms with Gasteiger partial charge in [0.05, 0.1) is 17.6 Å². The van der Waals surface area contributed by atoms with Gasteiger partial charge in [-0.05, 0) is 24.3 Å². The summed E-state index contributed by atoms with van der Waals surface area (Å²) in [4.78, 5) is 27.0. The molecule has 0 spiro atoms. The maximum Gasteiger partial charge on any atom is 0.255 e. The number of pyridine rings is 3. The molecule has 1 saturated heterocycles.